The Labute approximate surface area is 807 Å². The van der Waals surface area contributed by atoms with Crippen LogP contribution in [0.1, 0.15) is 5.56 Å². The van der Waals surface area contributed by atoms with Gasteiger partial charge in [-0.25, -0.2) is 9.69 Å². The molecule has 0 N–H and O–H groups in total. The summed E-state index contributed by atoms with van der Waals surface area (Å²) in [6.45, 7) is 15.1. The van der Waals surface area contributed by atoms with Crippen LogP contribution in [0.3, 0.4) is 0 Å². The van der Waals surface area contributed by atoms with Gasteiger partial charge in [-0.3, -0.25) is 0 Å². The second kappa shape index (κ2) is 37.7. The van der Waals surface area contributed by atoms with Gasteiger partial charge in [0.25, 0.3) is 0 Å². The van der Waals surface area contributed by atoms with Crippen molar-refractivity contribution in [2.75, 3.05) is 0 Å². The van der Waals surface area contributed by atoms with E-state index in [0.29, 0.717) is 16.9 Å². The van der Waals surface area contributed by atoms with E-state index in [9.17, 15) is 5.26 Å². The molecule has 0 spiro atoms. The van der Waals surface area contributed by atoms with Crippen molar-refractivity contribution in [2.45, 2.75) is 0 Å². The third-order valence-corrected chi connectivity index (χ3v) is 42.0. The first-order valence-corrected chi connectivity index (χ1v) is 52.7. The maximum Gasteiger partial charge on any atom is 0.187 e. The van der Waals surface area contributed by atoms with E-state index in [2.05, 4.69) is 539 Å². The predicted molar refractivity (Wildman–Crippen MR) is 587 cm³/mol. The molecule has 24 rings (SSSR count). The van der Waals surface area contributed by atoms with Gasteiger partial charge in [0.1, 0.15) is 0 Å². The van der Waals surface area contributed by atoms with E-state index in [1.54, 1.807) is 0 Å². The van der Waals surface area contributed by atoms with Crippen molar-refractivity contribution >= 4 is 163 Å². The van der Waals surface area contributed by atoms with Crippen LogP contribution in [0.2, 0.25) is 0 Å². The maximum absolute atomic E-state index is 9.64. The van der Waals surface area contributed by atoms with Crippen LogP contribution in [-0.4, -0.2) is 37.9 Å². The summed E-state index contributed by atoms with van der Waals surface area (Å²) in [4.78, 5) is 7.36. The summed E-state index contributed by atoms with van der Waals surface area (Å²) in [6, 6.07) is 199. The molecule has 0 aliphatic rings. The number of rotatable bonds is 18. The number of hydrogen-bond donors (Lipinski definition) is 0. The lowest BCUT2D eigenvalue weighted by atomic mass is 10.1. The van der Waals surface area contributed by atoms with Gasteiger partial charge in [0.2, 0.25) is 0 Å². The zero-order valence-corrected chi connectivity index (χ0v) is 78.6. The molecule has 24 aromatic rings. The van der Waals surface area contributed by atoms with Crippen molar-refractivity contribution < 1.29 is 0 Å². The molecule has 138 heavy (non-hydrogen) atoms. The molecule has 0 radical (unpaired) electrons. The van der Waals surface area contributed by atoms with Crippen LogP contribution in [0.25, 0.3) is 126 Å². The number of nitrogens with zero attached hydrogens (tertiary/aromatic N) is 6. The van der Waals surface area contributed by atoms with Gasteiger partial charge in [0.05, 0.1) is 57.9 Å². The quantitative estimate of drug-likeness (QED) is 0.0480. The van der Waals surface area contributed by atoms with Crippen LogP contribution in [0.5, 0.6) is 0 Å². The Morgan fingerprint density at radius 1 is 0.188 bits per heavy atom. The van der Waals surface area contributed by atoms with Crippen molar-refractivity contribution in [1.82, 2.24) is 13.7 Å². The monoisotopic (exact) mass is 1810 g/mol. The lowest BCUT2D eigenvalue weighted by molar-refractivity contribution is 1.18. The fourth-order valence-electron chi connectivity index (χ4n) is 21.4. The summed E-state index contributed by atoms with van der Waals surface area (Å²) < 4.78 is 7.08. The van der Waals surface area contributed by atoms with Gasteiger partial charge in [-0.2, -0.15) is 5.26 Å². The molecular formula is C129H90N6Si3. The number of nitriles is 1. The van der Waals surface area contributed by atoms with Crippen LogP contribution < -0.4 is 62.2 Å². The van der Waals surface area contributed by atoms with Gasteiger partial charge in [-0.05, 0) is 181 Å². The fourth-order valence-corrected chi connectivity index (χ4v) is 35.8. The lowest BCUT2D eigenvalue weighted by Gasteiger charge is -2.36. The minimum Gasteiger partial charge on any atom is -0.309 e. The summed E-state index contributed by atoms with van der Waals surface area (Å²) >= 11 is 0. The molecule has 21 aromatic carbocycles. The molecular weight excluding hydrogens is 1720 g/mol. The van der Waals surface area contributed by atoms with Gasteiger partial charge in [-0.15, -0.1) is 0 Å². The molecule has 6 nitrogen and oxygen atoms in total. The van der Waals surface area contributed by atoms with E-state index in [1.165, 1.54) is 161 Å². The highest BCUT2D eigenvalue weighted by molar-refractivity contribution is 7.21. The predicted octanol–water partition coefficient (Wildman–Crippen LogP) is 24.5. The van der Waals surface area contributed by atoms with Crippen LogP contribution in [0.15, 0.2) is 546 Å². The van der Waals surface area contributed by atoms with Crippen molar-refractivity contribution in [1.29, 1.82) is 5.26 Å². The highest BCUT2D eigenvalue weighted by atomic mass is 28.3. The summed E-state index contributed by atoms with van der Waals surface area (Å²) in [5.74, 6) is 0. The summed E-state index contributed by atoms with van der Waals surface area (Å²) in [5.41, 5.74) is 19.8. The Morgan fingerprint density at radius 3 is 0.739 bits per heavy atom. The summed E-state index contributed by atoms with van der Waals surface area (Å²) in [5, 5.41) is 32.8. The Hall–Kier alpha value is -17.9. The smallest absolute Gasteiger partial charge is 0.187 e. The van der Waals surface area contributed by atoms with Crippen LogP contribution in [-0.2, 0) is 0 Å². The third kappa shape index (κ3) is 15.3. The van der Waals surface area contributed by atoms with Crippen LogP contribution >= 0.6 is 0 Å². The number of hydrogen-bond acceptors (Lipinski definition) is 1. The van der Waals surface area contributed by atoms with E-state index in [4.69, 9.17) is 13.1 Å². The van der Waals surface area contributed by atoms with E-state index in [0.717, 1.165) is 17.1 Å². The van der Waals surface area contributed by atoms with Crippen molar-refractivity contribution in [3.63, 3.8) is 0 Å². The second-order valence-electron chi connectivity index (χ2n) is 34.9. The number of fused-ring (bicyclic) bond motifs is 9. The Balaban J connectivity index is 0.000000119. The standard InChI is InChI=1S/3C43H30N2Si/c1-44-34-25-29-38(30-26-34)46(36-14-4-2-5-15-36,37-16-6-3-7-17-37)39-18-12-13-33(31-39)32-23-27-35(28-24-32)45-42-21-10-8-19-40(42)41-20-9-11-22-43(41)45;1-44-34-24-30-39(31-25-34)46(36-12-4-2-5-13-36,37-14-6-3-7-15-37)38-28-22-33(23-29-38)32-20-26-35(27-21-32)45-42-18-10-8-16-40(42)41-17-9-11-19-43(41)45;44-31-32-23-29-37(30-24-32)46(35-13-3-1-4-14-35,36-15-5-2-6-16-36)43-22-12-9-17-38(43)33-25-27-34(28-26-33)45-41-20-10-7-18-39(41)40-19-8-11-21-42(40)45/h2*2-31H;1-30H. The largest absolute Gasteiger partial charge is 0.309 e. The molecule has 3 heterocycles. The average Bonchev–Trinajstić information content (AvgIpc) is 1.35. The molecule has 0 aliphatic heterocycles. The number of aromatic nitrogens is 3. The first-order chi connectivity index (χ1) is 68.3. The van der Waals surface area contributed by atoms with Gasteiger partial charge >= 0.3 is 0 Å². The molecule has 648 valence electrons. The zero-order valence-electron chi connectivity index (χ0n) is 75.6. The van der Waals surface area contributed by atoms with Crippen LogP contribution in [0, 0.1) is 24.5 Å². The zero-order chi connectivity index (χ0) is 92.8. The first-order valence-electron chi connectivity index (χ1n) is 46.7. The van der Waals surface area contributed by atoms with Gasteiger partial charge < -0.3 is 13.7 Å². The molecule has 0 saturated carbocycles. The van der Waals surface area contributed by atoms with Crippen molar-refractivity contribution in [2.24, 2.45) is 0 Å². The van der Waals surface area contributed by atoms with Crippen LogP contribution in [0.4, 0.5) is 11.4 Å². The van der Waals surface area contributed by atoms with Gasteiger partial charge in [0.15, 0.2) is 35.6 Å². The highest BCUT2D eigenvalue weighted by Crippen LogP contribution is 2.38. The highest BCUT2D eigenvalue weighted by Gasteiger charge is 2.45. The fraction of sp³-hybridized carbons (Fsp3) is 0. The molecule has 0 atom stereocenters. The molecule has 0 saturated heterocycles. The molecule has 0 unspecified atom stereocenters. The average molecular weight is 1810 g/mol. The molecule has 0 fully saturated rings. The topological polar surface area (TPSA) is 47.3 Å². The Kier molecular flexibility index (Phi) is 23.4. The number of benzene rings is 21. The Bertz CT molecular complexity index is 8370. The van der Waals surface area contributed by atoms with Gasteiger partial charge in [0, 0.05) is 49.4 Å². The SMILES string of the molecule is N#Cc1ccc([Si](c2ccccc2)(c2ccccc2)c2ccccc2-c2ccc(-n3c4ccccc4c4ccccc43)cc2)cc1.[C-]#[N+]c1ccc([Si](c2ccccc2)(c2ccccc2)c2ccc(-c3ccc(-n4c5ccccc5c5ccccc54)cc3)cc2)cc1.[C-]#[N+]c1ccc([Si](c2ccccc2)(c2ccccc2)c2cccc(-c3ccc(-n4c5ccccc5c5ccccc54)cc3)c2)cc1. The van der Waals surface area contributed by atoms with E-state index in [1.807, 2.05) is 36.4 Å². The minimum absolute atomic E-state index is 0.657. The summed E-state index contributed by atoms with van der Waals surface area (Å²) in [6.07, 6.45) is 0. The molecule has 0 bridgehead atoms. The molecule has 0 aliphatic carbocycles. The lowest BCUT2D eigenvalue weighted by Crippen LogP contribution is -2.75. The number of para-hydroxylation sites is 6. The molecule has 0 amide bonds. The van der Waals surface area contributed by atoms with E-state index in [-0.39, 0.29) is 0 Å². The second-order valence-corrected chi connectivity index (χ2v) is 46.3. The van der Waals surface area contributed by atoms with Crippen molar-refractivity contribution in [3.8, 4) is 56.5 Å². The third-order valence-electron chi connectivity index (χ3n) is 27.6. The van der Waals surface area contributed by atoms with E-state index < -0.39 is 24.2 Å². The molecule has 3 aromatic heterocycles. The van der Waals surface area contributed by atoms with E-state index >= 15 is 0 Å². The maximum atomic E-state index is 9.64. The van der Waals surface area contributed by atoms with Crippen molar-refractivity contribution in [3.05, 3.63) is 574 Å². The summed E-state index contributed by atoms with van der Waals surface area (Å²) in [7, 11) is -8.20. The minimum atomic E-state index is -2.82. The normalized spacial score (nSPS) is 11.5. The Morgan fingerprint density at radius 2 is 0.420 bits per heavy atom. The molecule has 9 heteroatoms. The van der Waals surface area contributed by atoms with Gasteiger partial charge in [-0.1, -0.05) is 461 Å². The first kappa shape index (κ1) is 85.6.